The molecule has 0 unspecified atom stereocenters. The summed E-state index contributed by atoms with van der Waals surface area (Å²) in [5, 5.41) is 0. The van der Waals surface area contributed by atoms with Crippen molar-refractivity contribution in [2.24, 2.45) is 0 Å². The molecule has 1 fully saturated rings. The topological polar surface area (TPSA) is 19.6 Å². The molecule has 1 saturated heterocycles. The summed E-state index contributed by atoms with van der Waals surface area (Å²) in [7, 11) is 0. The predicted molar refractivity (Wildman–Crippen MR) is 110 cm³/mol. The molecule has 1 aliphatic heterocycles. The van der Waals surface area contributed by atoms with Crippen molar-refractivity contribution in [2.45, 2.75) is 59.4 Å². The van der Waals surface area contributed by atoms with Gasteiger partial charge in [0.05, 0.1) is 0 Å². The molecule has 3 heteroatoms. The lowest BCUT2D eigenvalue weighted by Crippen LogP contribution is -2.50. The highest BCUT2D eigenvalue weighted by atomic mass is 16.3. The van der Waals surface area contributed by atoms with Crippen molar-refractivity contribution in [2.75, 3.05) is 31.1 Å². The van der Waals surface area contributed by atoms with Gasteiger partial charge in [-0.15, -0.1) is 0 Å². The Bertz CT molecular complexity index is 738. The number of anilines is 1. The van der Waals surface area contributed by atoms with E-state index in [0.717, 1.165) is 44.1 Å². The molecule has 1 aromatic heterocycles. The number of benzene rings is 1. The lowest BCUT2D eigenvalue weighted by atomic mass is 9.83. The first kappa shape index (κ1) is 19.0. The fraction of sp³-hybridized carbons (Fsp3) is 0.565. The number of hydrogen-bond donors (Lipinski definition) is 0. The maximum atomic E-state index is 5.91. The molecule has 3 nitrogen and oxygen atoms in total. The summed E-state index contributed by atoms with van der Waals surface area (Å²) in [6.07, 6.45) is 1.11. The van der Waals surface area contributed by atoms with Gasteiger partial charge in [-0.2, -0.15) is 0 Å². The van der Waals surface area contributed by atoms with Gasteiger partial charge in [-0.05, 0) is 63.4 Å². The van der Waals surface area contributed by atoms with Crippen LogP contribution in [0.2, 0.25) is 0 Å². The highest BCUT2D eigenvalue weighted by Crippen LogP contribution is 2.32. The van der Waals surface area contributed by atoms with Gasteiger partial charge in [0.2, 0.25) is 0 Å². The van der Waals surface area contributed by atoms with E-state index in [1.807, 2.05) is 6.92 Å². The molecule has 2 aromatic rings. The fourth-order valence-electron chi connectivity index (χ4n) is 4.23. The van der Waals surface area contributed by atoms with E-state index in [2.05, 4.69) is 74.8 Å². The first-order valence-electron chi connectivity index (χ1n) is 9.89. The summed E-state index contributed by atoms with van der Waals surface area (Å²) in [5.74, 6) is 2.11. The molecule has 3 rings (SSSR count). The van der Waals surface area contributed by atoms with Gasteiger partial charge in [0.15, 0.2) is 0 Å². The Morgan fingerprint density at radius 1 is 1.00 bits per heavy atom. The third-order valence-electron chi connectivity index (χ3n) is 5.86. The normalized spacial score (nSPS) is 17.5. The van der Waals surface area contributed by atoms with E-state index in [9.17, 15) is 0 Å². The van der Waals surface area contributed by atoms with E-state index < -0.39 is 0 Å². The average Bonchev–Trinajstić information content (AvgIpc) is 3.04. The zero-order chi connectivity index (χ0) is 18.9. The third kappa shape index (κ3) is 4.15. The summed E-state index contributed by atoms with van der Waals surface area (Å²) in [6.45, 7) is 17.9. The van der Waals surface area contributed by atoms with Crippen LogP contribution in [-0.2, 0) is 5.41 Å². The lowest BCUT2D eigenvalue weighted by Gasteiger charge is -2.41. The van der Waals surface area contributed by atoms with Crippen molar-refractivity contribution in [1.82, 2.24) is 4.90 Å². The van der Waals surface area contributed by atoms with E-state index in [4.69, 9.17) is 4.42 Å². The van der Waals surface area contributed by atoms with E-state index >= 15 is 0 Å². The van der Waals surface area contributed by atoms with Crippen LogP contribution in [0.5, 0.6) is 0 Å². The van der Waals surface area contributed by atoms with Crippen molar-refractivity contribution in [3.63, 3.8) is 0 Å². The van der Waals surface area contributed by atoms with Crippen LogP contribution in [0.3, 0.4) is 0 Å². The number of piperazine rings is 1. The molecule has 0 amide bonds. The van der Waals surface area contributed by atoms with E-state index in [0.29, 0.717) is 6.04 Å². The van der Waals surface area contributed by atoms with Crippen LogP contribution in [0.4, 0.5) is 5.69 Å². The van der Waals surface area contributed by atoms with Crippen LogP contribution >= 0.6 is 0 Å². The Balaban J connectivity index is 1.60. The molecule has 0 N–H and O–H groups in total. The third-order valence-corrected chi connectivity index (χ3v) is 5.86. The molecular formula is C23H34N2O. The molecular weight excluding hydrogens is 320 g/mol. The standard InChI is InChI=1S/C23H34N2O/c1-17-7-8-18(2)21(15-17)25-13-11-24(12-14-25)19(3)16-23(5,6)22-10-9-20(4)26-22/h7-10,15,19H,11-14,16H2,1-6H3/t19-/m0/s1. The van der Waals surface area contributed by atoms with Gasteiger partial charge in [0.25, 0.3) is 0 Å². The Hall–Kier alpha value is -1.74. The van der Waals surface area contributed by atoms with E-state index in [1.54, 1.807) is 0 Å². The SMILES string of the molecule is Cc1ccc(C)c(N2CCN([C@@H](C)CC(C)(C)c3ccc(C)o3)CC2)c1. The Morgan fingerprint density at radius 2 is 1.69 bits per heavy atom. The van der Waals surface area contributed by atoms with Crippen molar-refractivity contribution in [1.29, 1.82) is 0 Å². The Labute approximate surface area is 159 Å². The quantitative estimate of drug-likeness (QED) is 0.746. The highest BCUT2D eigenvalue weighted by Gasteiger charge is 2.30. The first-order valence-corrected chi connectivity index (χ1v) is 9.89. The molecule has 0 saturated carbocycles. The maximum absolute atomic E-state index is 5.91. The van der Waals surface area contributed by atoms with Crippen LogP contribution in [0, 0.1) is 20.8 Å². The largest absolute Gasteiger partial charge is 0.466 e. The predicted octanol–water partition coefficient (Wildman–Crippen LogP) is 5.08. The number of furan rings is 1. The summed E-state index contributed by atoms with van der Waals surface area (Å²) < 4.78 is 5.91. The van der Waals surface area contributed by atoms with Gasteiger partial charge >= 0.3 is 0 Å². The van der Waals surface area contributed by atoms with Gasteiger partial charge in [-0.25, -0.2) is 0 Å². The summed E-state index contributed by atoms with van der Waals surface area (Å²) in [4.78, 5) is 5.19. The molecule has 142 valence electrons. The highest BCUT2D eigenvalue weighted by molar-refractivity contribution is 5.55. The molecule has 1 aliphatic rings. The van der Waals surface area contributed by atoms with Crippen molar-refractivity contribution in [3.8, 4) is 0 Å². The smallest absolute Gasteiger partial charge is 0.109 e. The molecule has 0 aliphatic carbocycles. The van der Waals surface area contributed by atoms with Crippen molar-refractivity contribution in [3.05, 3.63) is 53.0 Å². The number of nitrogens with zero attached hydrogens (tertiary/aromatic N) is 2. The number of hydrogen-bond acceptors (Lipinski definition) is 3. The maximum Gasteiger partial charge on any atom is 0.109 e. The van der Waals surface area contributed by atoms with Crippen LogP contribution in [0.15, 0.2) is 34.7 Å². The molecule has 0 radical (unpaired) electrons. The summed E-state index contributed by atoms with van der Waals surface area (Å²) >= 11 is 0. The first-order chi connectivity index (χ1) is 12.3. The second kappa shape index (κ2) is 7.48. The monoisotopic (exact) mass is 354 g/mol. The Morgan fingerprint density at radius 3 is 2.31 bits per heavy atom. The van der Waals surface area contributed by atoms with Crippen molar-refractivity contribution < 1.29 is 4.42 Å². The minimum absolute atomic E-state index is 0.0674. The average molecular weight is 355 g/mol. The van der Waals surface area contributed by atoms with Gasteiger partial charge in [0.1, 0.15) is 11.5 Å². The van der Waals surface area contributed by atoms with Crippen LogP contribution in [0.25, 0.3) is 0 Å². The van der Waals surface area contributed by atoms with Crippen LogP contribution < -0.4 is 4.90 Å². The molecule has 26 heavy (non-hydrogen) atoms. The minimum atomic E-state index is 0.0674. The molecule has 1 atom stereocenters. The van der Waals surface area contributed by atoms with Gasteiger partial charge in [0, 0.05) is 43.3 Å². The zero-order valence-corrected chi connectivity index (χ0v) is 17.3. The second-order valence-corrected chi connectivity index (χ2v) is 8.66. The lowest BCUT2D eigenvalue weighted by molar-refractivity contribution is 0.161. The fourth-order valence-corrected chi connectivity index (χ4v) is 4.23. The number of aryl methyl sites for hydroxylation is 3. The van der Waals surface area contributed by atoms with Gasteiger partial charge < -0.3 is 9.32 Å². The van der Waals surface area contributed by atoms with Gasteiger partial charge in [-0.3, -0.25) is 4.90 Å². The second-order valence-electron chi connectivity index (χ2n) is 8.66. The summed E-state index contributed by atoms with van der Waals surface area (Å²) in [5.41, 5.74) is 4.20. The number of rotatable bonds is 5. The van der Waals surface area contributed by atoms with E-state index in [-0.39, 0.29) is 5.41 Å². The van der Waals surface area contributed by atoms with Gasteiger partial charge in [-0.1, -0.05) is 26.0 Å². The molecule has 2 heterocycles. The summed E-state index contributed by atoms with van der Waals surface area (Å²) in [6, 6.07) is 11.5. The van der Waals surface area contributed by atoms with Crippen LogP contribution in [0.1, 0.15) is 49.8 Å². The minimum Gasteiger partial charge on any atom is -0.466 e. The zero-order valence-electron chi connectivity index (χ0n) is 17.3. The Kier molecular flexibility index (Phi) is 5.47. The van der Waals surface area contributed by atoms with Crippen molar-refractivity contribution >= 4 is 5.69 Å². The van der Waals surface area contributed by atoms with Crippen LogP contribution in [-0.4, -0.2) is 37.1 Å². The van der Waals surface area contributed by atoms with E-state index in [1.165, 1.54) is 16.8 Å². The molecule has 0 spiro atoms. The molecule has 1 aromatic carbocycles. The molecule has 0 bridgehead atoms.